The van der Waals surface area contributed by atoms with Crippen molar-refractivity contribution in [1.29, 1.82) is 0 Å². The topological polar surface area (TPSA) is 38.7 Å². The molecule has 14 heavy (non-hydrogen) atoms. The zero-order valence-electron chi connectivity index (χ0n) is 6.54. The van der Waals surface area contributed by atoms with E-state index in [1.807, 2.05) is 5.38 Å². The molecular formula is C7H2Cl3N3S. The van der Waals surface area contributed by atoms with Gasteiger partial charge in [0.25, 0.3) is 0 Å². The minimum absolute atomic E-state index is 0.0597. The molecule has 0 aromatic carbocycles. The third kappa shape index (κ3) is 1.98. The van der Waals surface area contributed by atoms with Gasteiger partial charge in [0.1, 0.15) is 0 Å². The summed E-state index contributed by atoms with van der Waals surface area (Å²) in [7, 11) is 0. The van der Waals surface area contributed by atoms with Crippen LogP contribution in [0.5, 0.6) is 0 Å². The first-order valence-corrected chi connectivity index (χ1v) is 5.48. The fraction of sp³-hybridized carbons (Fsp3) is 0. The van der Waals surface area contributed by atoms with Crippen LogP contribution in [0.15, 0.2) is 11.4 Å². The Morgan fingerprint density at radius 3 is 2.14 bits per heavy atom. The summed E-state index contributed by atoms with van der Waals surface area (Å²) in [4.78, 5) is 12.2. The molecule has 72 valence electrons. The molecule has 0 amide bonds. The molecule has 0 fully saturated rings. The molecule has 2 rings (SSSR count). The molecule has 2 aromatic heterocycles. The summed E-state index contributed by atoms with van der Waals surface area (Å²) in [6, 6.07) is 1.76. The summed E-state index contributed by atoms with van der Waals surface area (Å²) < 4.78 is 0. The van der Waals surface area contributed by atoms with Gasteiger partial charge >= 0.3 is 0 Å². The Bertz CT molecular complexity index is 451. The lowest BCUT2D eigenvalue weighted by molar-refractivity contribution is 1.06. The minimum atomic E-state index is 0.0597. The van der Waals surface area contributed by atoms with Gasteiger partial charge in [0.15, 0.2) is 5.82 Å². The number of halogens is 3. The summed E-state index contributed by atoms with van der Waals surface area (Å²) in [5.41, 5.74) is 0. The van der Waals surface area contributed by atoms with Crippen LogP contribution in [-0.4, -0.2) is 15.0 Å². The van der Waals surface area contributed by atoms with E-state index in [0.717, 1.165) is 4.88 Å². The van der Waals surface area contributed by atoms with Crippen molar-refractivity contribution >= 4 is 46.1 Å². The Hall–Kier alpha value is -0.420. The van der Waals surface area contributed by atoms with E-state index in [0.29, 0.717) is 10.8 Å². The molecule has 0 aliphatic rings. The summed E-state index contributed by atoms with van der Waals surface area (Å²) >= 11 is 18.6. The lowest BCUT2D eigenvalue weighted by Crippen LogP contribution is -1.92. The van der Waals surface area contributed by atoms with Gasteiger partial charge < -0.3 is 0 Å². The average molecular weight is 267 g/mol. The van der Waals surface area contributed by atoms with Crippen molar-refractivity contribution in [2.75, 3.05) is 0 Å². The van der Waals surface area contributed by atoms with E-state index in [1.54, 1.807) is 6.07 Å². The van der Waals surface area contributed by atoms with E-state index in [1.165, 1.54) is 11.3 Å². The van der Waals surface area contributed by atoms with Gasteiger partial charge in [-0.05, 0) is 34.6 Å². The summed E-state index contributed by atoms with van der Waals surface area (Å²) in [5, 5.41) is 2.53. The van der Waals surface area contributed by atoms with Gasteiger partial charge in [-0.25, -0.2) is 0 Å². The normalized spacial score (nSPS) is 10.5. The smallest absolute Gasteiger partial charge is 0.197 e. The molecule has 0 bridgehead atoms. The Labute approximate surface area is 98.7 Å². The lowest BCUT2D eigenvalue weighted by atomic mass is 10.4. The number of nitrogens with zero attached hydrogens (tertiary/aromatic N) is 3. The minimum Gasteiger partial charge on any atom is -0.197 e. The highest BCUT2D eigenvalue weighted by atomic mass is 35.5. The molecular weight excluding hydrogens is 265 g/mol. The maximum absolute atomic E-state index is 5.90. The standard InChI is InChI=1S/C7H2Cl3N3S/c8-3-1-2-14-4(3)5-11-6(9)13-7(10)12-5/h1-2H. The maximum atomic E-state index is 5.90. The second-order valence-corrected chi connectivity index (χ2v) is 4.29. The van der Waals surface area contributed by atoms with Gasteiger partial charge in [-0.2, -0.15) is 15.0 Å². The maximum Gasteiger partial charge on any atom is 0.227 e. The van der Waals surface area contributed by atoms with E-state index in [9.17, 15) is 0 Å². The SMILES string of the molecule is Clc1nc(Cl)nc(-c2sccc2Cl)n1. The summed E-state index contributed by atoms with van der Waals surface area (Å²) in [6.45, 7) is 0. The number of thiophene rings is 1. The molecule has 0 aliphatic carbocycles. The third-order valence-corrected chi connectivity index (χ3v) is 3.08. The van der Waals surface area contributed by atoms with Crippen LogP contribution < -0.4 is 0 Å². The first-order chi connectivity index (χ1) is 6.66. The number of hydrogen-bond donors (Lipinski definition) is 0. The highest BCUT2D eigenvalue weighted by Gasteiger charge is 2.10. The molecule has 0 saturated heterocycles. The van der Waals surface area contributed by atoms with E-state index in [2.05, 4.69) is 15.0 Å². The number of hydrogen-bond acceptors (Lipinski definition) is 4. The van der Waals surface area contributed by atoms with Crippen LogP contribution in [0, 0.1) is 0 Å². The van der Waals surface area contributed by atoms with Crippen molar-refractivity contribution < 1.29 is 0 Å². The van der Waals surface area contributed by atoms with Crippen LogP contribution in [0.1, 0.15) is 0 Å². The average Bonchev–Trinajstić information content (AvgIpc) is 2.49. The van der Waals surface area contributed by atoms with E-state index in [-0.39, 0.29) is 10.6 Å². The van der Waals surface area contributed by atoms with Crippen LogP contribution in [0.4, 0.5) is 0 Å². The monoisotopic (exact) mass is 265 g/mol. The highest BCUT2D eigenvalue weighted by Crippen LogP contribution is 2.31. The van der Waals surface area contributed by atoms with Gasteiger partial charge in [0.2, 0.25) is 10.6 Å². The quantitative estimate of drug-likeness (QED) is 0.792. The molecule has 0 unspecified atom stereocenters. The molecule has 0 saturated carbocycles. The number of rotatable bonds is 1. The van der Waals surface area contributed by atoms with Crippen LogP contribution in [0.25, 0.3) is 10.7 Å². The largest absolute Gasteiger partial charge is 0.227 e. The second kappa shape index (κ2) is 3.98. The summed E-state index contributed by atoms with van der Waals surface area (Å²) in [5.74, 6) is 0.398. The Morgan fingerprint density at radius 1 is 1.00 bits per heavy atom. The Morgan fingerprint density at radius 2 is 1.64 bits per heavy atom. The van der Waals surface area contributed by atoms with Crippen molar-refractivity contribution in [3.63, 3.8) is 0 Å². The molecule has 0 N–H and O–H groups in total. The van der Waals surface area contributed by atoms with E-state index >= 15 is 0 Å². The fourth-order valence-corrected chi connectivity index (χ4v) is 2.32. The van der Waals surface area contributed by atoms with Gasteiger partial charge in [0, 0.05) is 0 Å². The molecule has 7 heteroatoms. The highest BCUT2D eigenvalue weighted by molar-refractivity contribution is 7.14. The fourth-order valence-electron chi connectivity index (χ4n) is 0.881. The second-order valence-electron chi connectivity index (χ2n) is 2.29. The zero-order chi connectivity index (χ0) is 10.1. The van der Waals surface area contributed by atoms with Crippen molar-refractivity contribution in [1.82, 2.24) is 15.0 Å². The van der Waals surface area contributed by atoms with Gasteiger partial charge in [-0.1, -0.05) is 11.6 Å². The number of aromatic nitrogens is 3. The molecule has 0 radical (unpaired) electrons. The predicted molar refractivity (Wildman–Crippen MR) is 58.2 cm³/mol. The Kier molecular flexibility index (Phi) is 2.88. The first kappa shape index (κ1) is 10.1. The van der Waals surface area contributed by atoms with Crippen LogP contribution in [0.3, 0.4) is 0 Å². The predicted octanol–water partition coefficient (Wildman–Crippen LogP) is 3.56. The Balaban J connectivity index is 2.57. The molecule has 2 aromatic rings. The molecule has 0 atom stereocenters. The van der Waals surface area contributed by atoms with Crippen molar-refractivity contribution in [2.45, 2.75) is 0 Å². The summed E-state index contributed by atoms with van der Waals surface area (Å²) in [6.07, 6.45) is 0. The third-order valence-electron chi connectivity index (χ3n) is 1.40. The molecule has 0 spiro atoms. The van der Waals surface area contributed by atoms with Crippen LogP contribution in [0.2, 0.25) is 15.6 Å². The van der Waals surface area contributed by atoms with Crippen LogP contribution in [-0.2, 0) is 0 Å². The van der Waals surface area contributed by atoms with Crippen molar-refractivity contribution in [3.8, 4) is 10.7 Å². The van der Waals surface area contributed by atoms with Crippen LogP contribution >= 0.6 is 46.1 Å². The van der Waals surface area contributed by atoms with Gasteiger partial charge in [0.05, 0.1) is 9.90 Å². The zero-order valence-corrected chi connectivity index (χ0v) is 9.62. The van der Waals surface area contributed by atoms with E-state index in [4.69, 9.17) is 34.8 Å². The molecule has 2 heterocycles. The molecule has 3 nitrogen and oxygen atoms in total. The van der Waals surface area contributed by atoms with Crippen molar-refractivity contribution in [2.24, 2.45) is 0 Å². The van der Waals surface area contributed by atoms with Crippen molar-refractivity contribution in [3.05, 3.63) is 27.0 Å². The van der Waals surface area contributed by atoms with E-state index < -0.39 is 0 Å². The first-order valence-electron chi connectivity index (χ1n) is 3.47. The molecule has 0 aliphatic heterocycles. The van der Waals surface area contributed by atoms with Gasteiger partial charge in [-0.3, -0.25) is 0 Å². The van der Waals surface area contributed by atoms with Gasteiger partial charge in [-0.15, -0.1) is 11.3 Å². The lowest BCUT2D eigenvalue weighted by Gasteiger charge is -1.97.